The Morgan fingerprint density at radius 2 is 1.96 bits per heavy atom. The average molecular weight is 343 g/mol. The molecule has 0 aliphatic carbocycles. The lowest BCUT2D eigenvalue weighted by Crippen LogP contribution is -2.32. The largest absolute Gasteiger partial charge is 0.481 e. The third-order valence-corrected chi connectivity index (χ3v) is 5.38. The molecule has 0 radical (unpaired) electrons. The molecule has 0 unspecified atom stereocenters. The summed E-state index contributed by atoms with van der Waals surface area (Å²) in [4.78, 5) is 25.1. The molecule has 0 aromatic heterocycles. The molecule has 4 rings (SSSR count). The fourth-order valence-corrected chi connectivity index (χ4v) is 4.15. The molecule has 2 N–H and O–H groups in total. The van der Waals surface area contributed by atoms with Crippen LogP contribution in [0.4, 0.5) is 5.69 Å². The molecule has 0 saturated heterocycles. The van der Waals surface area contributed by atoms with E-state index in [2.05, 4.69) is 5.32 Å². The van der Waals surface area contributed by atoms with E-state index in [-0.39, 0.29) is 6.79 Å². The number of hydrogen-bond acceptors (Lipinski definition) is 5. The van der Waals surface area contributed by atoms with Crippen LogP contribution in [-0.2, 0) is 9.59 Å². The number of fused-ring (bicyclic) bond motifs is 2. The predicted octanol–water partition coefficient (Wildman–Crippen LogP) is 2.90. The first-order chi connectivity index (χ1) is 11.6. The van der Waals surface area contributed by atoms with Gasteiger partial charge in [-0.1, -0.05) is 18.2 Å². The molecule has 1 amide bonds. The Morgan fingerprint density at radius 3 is 2.79 bits per heavy atom. The maximum absolute atomic E-state index is 12.5. The minimum atomic E-state index is -1.21. The van der Waals surface area contributed by atoms with Crippen molar-refractivity contribution < 1.29 is 24.2 Å². The van der Waals surface area contributed by atoms with Gasteiger partial charge in [-0.3, -0.25) is 9.59 Å². The van der Waals surface area contributed by atoms with Gasteiger partial charge in [0.15, 0.2) is 17.4 Å². The molecule has 122 valence electrons. The molecule has 2 aromatic rings. The van der Waals surface area contributed by atoms with Crippen molar-refractivity contribution >= 4 is 29.3 Å². The van der Waals surface area contributed by atoms with E-state index in [1.165, 1.54) is 11.8 Å². The van der Waals surface area contributed by atoms with E-state index in [4.69, 9.17) is 9.47 Å². The third-order valence-electron chi connectivity index (χ3n) is 3.98. The zero-order chi connectivity index (χ0) is 16.7. The van der Waals surface area contributed by atoms with Crippen LogP contribution in [0.1, 0.15) is 10.8 Å². The maximum Gasteiger partial charge on any atom is 0.317 e. The fraction of sp³-hybridized carbons (Fsp3) is 0.176. The summed E-state index contributed by atoms with van der Waals surface area (Å²) in [5.74, 6) is -1.70. The number of benzene rings is 2. The Balaban J connectivity index is 1.80. The highest BCUT2D eigenvalue weighted by atomic mass is 32.2. The highest BCUT2D eigenvalue weighted by Gasteiger charge is 2.40. The first kappa shape index (κ1) is 14.9. The van der Waals surface area contributed by atoms with Gasteiger partial charge in [-0.25, -0.2) is 0 Å². The Kier molecular flexibility index (Phi) is 3.57. The van der Waals surface area contributed by atoms with E-state index >= 15 is 0 Å². The van der Waals surface area contributed by atoms with Crippen molar-refractivity contribution in [2.75, 3.05) is 12.1 Å². The summed E-state index contributed by atoms with van der Waals surface area (Å²) in [5.41, 5.74) is 1.34. The monoisotopic (exact) mass is 343 g/mol. The highest BCUT2D eigenvalue weighted by molar-refractivity contribution is 7.99. The molecule has 2 aliphatic heterocycles. The molecule has 2 atom stereocenters. The molecule has 2 aliphatic rings. The van der Waals surface area contributed by atoms with Crippen LogP contribution in [0.15, 0.2) is 47.4 Å². The van der Waals surface area contributed by atoms with Crippen molar-refractivity contribution in [3.63, 3.8) is 0 Å². The zero-order valence-corrected chi connectivity index (χ0v) is 13.2. The summed E-state index contributed by atoms with van der Waals surface area (Å²) in [6.45, 7) is 0.141. The second-order valence-electron chi connectivity index (χ2n) is 5.45. The molecule has 24 heavy (non-hydrogen) atoms. The Labute approximate surface area is 141 Å². The summed E-state index contributed by atoms with van der Waals surface area (Å²) in [7, 11) is 0. The molecule has 0 fully saturated rings. The van der Waals surface area contributed by atoms with E-state index in [1.807, 2.05) is 12.1 Å². The van der Waals surface area contributed by atoms with Crippen LogP contribution in [0.2, 0.25) is 0 Å². The van der Waals surface area contributed by atoms with Gasteiger partial charge >= 0.3 is 5.97 Å². The lowest BCUT2D eigenvalue weighted by Gasteiger charge is -2.20. The number of carboxylic acids is 1. The van der Waals surface area contributed by atoms with Crippen LogP contribution in [0.5, 0.6) is 11.5 Å². The number of carboxylic acid groups (broad SMARTS) is 1. The van der Waals surface area contributed by atoms with E-state index < -0.39 is 23.0 Å². The van der Waals surface area contributed by atoms with Crippen molar-refractivity contribution in [2.45, 2.75) is 10.1 Å². The van der Waals surface area contributed by atoms with Gasteiger partial charge in [-0.15, -0.1) is 11.8 Å². The van der Waals surface area contributed by atoms with Gasteiger partial charge in [0, 0.05) is 4.90 Å². The summed E-state index contributed by atoms with van der Waals surface area (Å²) in [6, 6.07) is 12.6. The highest BCUT2D eigenvalue weighted by Crippen LogP contribution is 2.48. The molecule has 0 saturated carbocycles. The lowest BCUT2D eigenvalue weighted by molar-refractivity contribution is -0.145. The number of aliphatic carboxylic acids is 1. The van der Waals surface area contributed by atoms with Crippen LogP contribution in [-0.4, -0.2) is 23.8 Å². The van der Waals surface area contributed by atoms with Crippen molar-refractivity contribution in [2.24, 2.45) is 5.92 Å². The Hall–Kier alpha value is -2.67. The standard InChI is InChI=1S/C17H13NO5S/c19-16-14(17(20)21)15(24-13-4-2-1-3-10(13)18-16)9-5-6-11-12(7-9)23-8-22-11/h1-7,14-15H,8H2,(H,18,19)(H,20,21)/t14-,15-/m0/s1. The number of thioether (sulfide) groups is 1. The van der Waals surface area contributed by atoms with Gasteiger partial charge in [-0.05, 0) is 29.8 Å². The number of carbonyl (C=O) groups excluding carboxylic acids is 1. The molecule has 6 nitrogen and oxygen atoms in total. The summed E-state index contributed by atoms with van der Waals surface area (Å²) < 4.78 is 10.7. The number of anilines is 1. The molecular weight excluding hydrogens is 330 g/mol. The van der Waals surface area contributed by atoms with Crippen LogP contribution in [0, 0.1) is 5.92 Å². The number of carbonyl (C=O) groups is 2. The molecule has 7 heteroatoms. The third kappa shape index (κ3) is 2.46. The molecule has 0 spiro atoms. The van der Waals surface area contributed by atoms with E-state index in [0.29, 0.717) is 22.7 Å². The molecule has 2 heterocycles. The normalized spacial score (nSPS) is 21.6. The number of para-hydroxylation sites is 1. The summed E-state index contributed by atoms with van der Waals surface area (Å²) >= 11 is 1.36. The summed E-state index contributed by atoms with van der Waals surface area (Å²) in [6.07, 6.45) is 0. The lowest BCUT2D eigenvalue weighted by atomic mass is 9.97. The Bertz CT molecular complexity index is 837. The SMILES string of the molecule is O=C(O)[C@@H]1C(=O)Nc2ccccc2S[C@H]1c1ccc2c(c1)OCO2. The topological polar surface area (TPSA) is 84.9 Å². The quantitative estimate of drug-likeness (QED) is 0.816. The van der Waals surface area contributed by atoms with Crippen LogP contribution >= 0.6 is 11.8 Å². The van der Waals surface area contributed by atoms with Crippen molar-refractivity contribution in [3.8, 4) is 11.5 Å². The van der Waals surface area contributed by atoms with Crippen molar-refractivity contribution in [1.29, 1.82) is 0 Å². The predicted molar refractivity (Wildman–Crippen MR) is 87.4 cm³/mol. The fourth-order valence-electron chi connectivity index (χ4n) is 2.82. The van der Waals surface area contributed by atoms with Crippen molar-refractivity contribution in [1.82, 2.24) is 0 Å². The van der Waals surface area contributed by atoms with Gasteiger partial charge in [0.05, 0.1) is 10.9 Å². The van der Waals surface area contributed by atoms with Gasteiger partial charge in [0.1, 0.15) is 0 Å². The van der Waals surface area contributed by atoms with Crippen LogP contribution < -0.4 is 14.8 Å². The van der Waals surface area contributed by atoms with Gasteiger partial charge in [0.25, 0.3) is 0 Å². The maximum atomic E-state index is 12.5. The van der Waals surface area contributed by atoms with E-state index in [9.17, 15) is 14.7 Å². The minimum absolute atomic E-state index is 0.141. The minimum Gasteiger partial charge on any atom is -0.481 e. The first-order valence-corrected chi connectivity index (χ1v) is 8.20. The molecule has 2 aromatic carbocycles. The molecular formula is C17H13NO5S. The second-order valence-corrected chi connectivity index (χ2v) is 6.64. The number of rotatable bonds is 2. The number of nitrogens with one attached hydrogen (secondary N) is 1. The smallest absolute Gasteiger partial charge is 0.317 e. The Morgan fingerprint density at radius 1 is 1.17 bits per heavy atom. The van der Waals surface area contributed by atoms with E-state index in [1.54, 1.807) is 30.3 Å². The van der Waals surface area contributed by atoms with Crippen LogP contribution in [0.25, 0.3) is 0 Å². The number of ether oxygens (including phenoxy) is 2. The van der Waals surface area contributed by atoms with E-state index in [0.717, 1.165) is 4.90 Å². The molecule has 0 bridgehead atoms. The summed E-state index contributed by atoms with van der Waals surface area (Å²) in [5, 5.41) is 11.7. The second kappa shape index (κ2) is 5.76. The van der Waals surface area contributed by atoms with Gasteiger partial charge in [-0.2, -0.15) is 0 Å². The van der Waals surface area contributed by atoms with Gasteiger partial charge in [0.2, 0.25) is 12.7 Å². The zero-order valence-electron chi connectivity index (χ0n) is 12.4. The average Bonchev–Trinajstić information content (AvgIpc) is 2.96. The van der Waals surface area contributed by atoms with Crippen LogP contribution in [0.3, 0.4) is 0 Å². The first-order valence-electron chi connectivity index (χ1n) is 7.32. The number of amides is 1. The van der Waals surface area contributed by atoms with Crippen molar-refractivity contribution in [3.05, 3.63) is 48.0 Å². The number of hydrogen-bond donors (Lipinski definition) is 2. The van der Waals surface area contributed by atoms with Gasteiger partial charge < -0.3 is 19.9 Å².